The topological polar surface area (TPSA) is 69.6 Å². The fraction of sp³-hybridized carbons (Fsp3) is 0.556. The van der Waals surface area contributed by atoms with Crippen LogP contribution in [0.1, 0.15) is 37.3 Å². The molecule has 1 saturated heterocycles. The molecule has 2 aliphatic rings. The number of nitrogens with zero attached hydrogens (tertiary/aromatic N) is 1. The molecule has 2 N–H and O–H groups in total. The van der Waals surface area contributed by atoms with E-state index < -0.39 is 11.6 Å². The molecule has 0 radical (unpaired) electrons. The zero-order chi connectivity index (χ0) is 16.4. The second kappa shape index (κ2) is 6.32. The van der Waals surface area contributed by atoms with Crippen LogP contribution >= 0.6 is 0 Å². The number of carbonyl (C=O) groups excluding carboxylic acids is 2. The van der Waals surface area contributed by atoms with Gasteiger partial charge in [0.05, 0.1) is 5.60 Å². The van der Waals surface area contributed by atoms with Crippen LogP contribution in [0.2, 0.25) is 0 Å². The number of hydrogen-bond acceptors (Lipinski definition) is 3. The summed E-state index contributed by atoms with van der Waals surface area (Å²) in [6.07, 6.45) is 3.72. The first-order chi connectivity index (χ1) is 11.0. The van der Waals surface area contributed by atoms with Crippen LogP contribution in [-0.2, 0) is 22.4 Å². The summed E-state index contributed by atoms with van der Waals surface area (Å²) in [6.45, 7) is 2.37. The lowest BCUT2D eigenvalue weighted by Crippen LogP contribution is -2.54. The van der Waals surface area contributed by atoms with Gasteiger partial charge in [0, 0.05) is 32.9 Å². The molecule has 1 aromatic rings. The summed E-state index contributed by atoms with van der Waals surface area (Å²) in [7, 11) is 0. The number of hydrogen-bond donors (Lipinski definition) is 2. The van der Waals surface area contributed by atoms with Gasteiger partial charge in [0.15, 0.2) is 0 Å². The lowest BCUT2D eigenvalue weighted by molar-refractivity contribution is -0.141. The average Bonchev–Trinajstić information content (AvgIpc) is 2.89. The molecule has 1 heterocycles. The third kappa shape index (κ3) is 3.39. The van der Waals surface area contributed by atoms with Crippen molar-refractivity contribution in [1.82, 2.24) is 10.2 Å². The molecule has 1 fully saturated rings. The number of piperidine rings is 1. The summed E-state index contributed by atoms with van der Waals surface area (Å²) in [5, 5.41) is 13.6. The minimum atomic E-state index is -0.922. The maximum atomic E-state index is 12.5. The first-order valence-electron chi connectivity index (χ1n) is 8.33. The molecule has 5 heteroatoms. The standard InChI is InChI=1S/C18H24N2O3/c1-13(21)20-9-5-4-8-16(20)17(22)19-12-18(23)10-14-6-2-3-7-15(14)11-18/h2-3,6-7,16,23H,4-5,8-12H2,1H3,(H,19,22). The highest BCUT2D eigenvalue weighted by molar-refractivity contribution is 5.87. The molecule has 2 amide bonds. The second-order valence-electron chi connectivity index (χ2n) is 6.79. The van der Waals surface area contributed by atoms with Crippen LogP contribution in [0.25, 0.3) is 0 Å². The Balaban J connectivity index is 1.60. The van der Waals surface area contributed by atoms with Crippen molar-refractivity contribution >= 4 is 11.8 Å². The molecule has 0 spiro atoms. The molecule has 0 aromatic heterocycles. The summed E-state index contributed by atoms with van der Waals surface area (Å²) >= 11 is 0. The van der Waals surface area contributed by atoms with E-state index >= 15 is 0 Å². The first-order valence-corrected chi connectivity index (χ1v) is 8.33. The van der Waals surface area contributed by atoms with Crippen molar-refractivity contribution in [3.05, 3.63) is 35.4 Å². The average molecular weight is 316 g/mol. The lowest BCUT2D eigenvalue weighted by atomic mass is 9.98. The van der Waals surface area contributed by atoms with Crippen molar-refractivity contribution in [3.8, 4) is 0 Å². The lowest BCUT2D eigenvalue weighted by Gasteiger charge is -2.34. The molecule has 1 atom stereocenters. The van der Waals surface area contributed by atoms with Gasteiger partial charge in [-0.25, -0.2) is 0 Å². The van der Waals surface area contributed by atoms with E-state index in [0.29, 0.717) is 25.8 Å². The van der Waals surface area contributed by atoms with Crippen LogP contribution < -0.4 is 5.32 Å². The third-order valence-electron chi connectivity index (χ3n) is 4.96. The van der Waals surface area contributed by atoms with E-state index in [4.69, 9.17) is 0 Å². The van der Waals surface area contributed by atoms with Crippen LogP contribution in [0.15, 0.2) is 24.3 Å². The van der Waals surface area contributed by atoms with Gasteiger partial charge < -0.3 is 15.3 Å². The summed E-state index contributed by atoms with van der Waals surface area (Å²) in [5.74, 6) is -0.207. The van der Waals surface area contributed by atoms with E-state index in [0.717, 1.165) is 24.0 Å². The Kier molecular flexibility index (Phi) is 4.39. The highest BCUT2D eigenvalue weighted by Gasteiger charge is 2.37. The van der Waals surface area contributed by atoms with Gasteiger partial charge in [0.1, 0.15) is 6.04 Å². The molecule has 23 heavy (non-hydrogen) atoms. The molecular formula is C18H24N2O3. The van der Waals surface area contributed by atoms with Crippen LogP contribution in [0.4, 0.5) is 0 Å². The van der Waals surface area contributed by atoms with Crippen molar-refractivity contribution in [2.75, 3.05) is 13.1 Å². The Morgan fingerprint density at radius 1 is 1.26 bits per heavy atom. The maximum absolute atomic E-state index is 12.5. The molecule has 1 aliphatic heterocycles. The van der Waals surface area contributed by atoms with E-state index in [1.165, 1.54) is 6.92 Å². The molecule has 3 rings (SSSR count). The maximum Gasteiger partial charge on any atom is 0.242 e. The van der Waals surface area contributed by atoms with E-state index in [9.17, 15) is 14.7 Å². The Bertz CT molecular complexity index is 589. The van der Waals surface area contributed by atoms with Gasteiger partial charge in [0.25, 0.3) is 0 Å². The van der Waals surface area contributed by atoms with Crippen LogP contribution in [-0.4, -0.2) is 46.6 Å². The number of carbonyl (C=O) groups is 2. The quantitative estimate of drug-likeness (QED) is 0.875. The first kappa shape index (κ1) is 16.0. The second-order valence-corrected chi connectivity index (χ2v) is 6.79. The van der Waals surface area contributed by atoms with E-state index in [2.05, 4.69) is 5.32 Å². The minimum absolute atomic E-state index is 0.0585. The molecular weight excluding hydrogens is 292 g/mol. The SMILES string of the molecule is CC(=O)N1CCCCC1C(=O)NCC1(O)Cc2ccccc2C1. The number of aliphatic hydroxyl groups is 1. The minimum Gasteiger partial charge on any atom is -0.387 e. The van der Waals surface area contributed by atoms with Gasteiger partial charge in [-0.05, 0) is 30.4 Å². The molecule has 0 bridgehead atoms. The molecule has 1 aliphatic carbocycles. The highest BCUT2D eigenvalue weighted by Crippen LogP contribution is 2.29. The fourth-order valence-corrected chi connectivity index (χ4v) is 3.75. The van der Waals surface area contributed by atoms with Gasteiger partial charge in [-0.2, -0.15) is 0 Å². The van der Waals surface area contributed by atoms with Crippen molar-refractivity contribution in [2.24, 2.45) is 0 Å². The predicted octanol–water partition coefficient (Wildman–Crippen LogP) is 1.03. The Morgan fingerprint density at radius 3 is 2.52 bits per heavy atom. The van der Waals surface area contributed by atoms with Crippen molar-refractivity contribution in [3.63, 3.8) is 0 Å². The van der Waals surface area contributed by atoms with Crippen molar-refractivity contribution < 1.29 is 14.7 Å². The predicted molar refractivity (Wildman–Crippen MR) is 86.8 cm³/mol. The molecule has 124 valence electrons. The van der Waals surface area contributed by atoms with E-state index in [1.807, 2.05) is 24.3 Å². The monoisotopic (exact) mass is 316 g/mol. The van der Waals surface area contributed by atoms with Gasteiger partial charge in [-0.3, -0.25) is 9.59 Å². The molecule has 0 saturated carbocycles. The number of rotatable bonds is 3. The molecule has 5 nitrogen and oxygen atoms in total. The van der Waals surface area contributed by atoms with E-state index in [1.54, 1.807) is 4.90 Å². The summed E-state index contributed by atoms with van der Waals surface area (Å²) in [5.41, 5.74) is 1.37. The summed E-state index contributed by atoms with van der Waals surface area (Å²) < 4.78 is 0. The molecule has 1 aromatic carbocycles. The van der Waals surface area contributed by atoms with Crippen molar-refractivity contribution in [2.45, 2.75) is 50.7 Å². The third-order valence-corrected chi connectivity index (χ3v) is 4.96. The Hall–Kier alpha value is -1.88. The largest absolute Gasteiger partial charge is 0.387 e. The van der Waals surface area contributed by atoms with Gasteiger partial charge >= 0.3 is 0 Å². The van der Waals surface area contributed by atoms with Crippen LogP contribution in [0.5, 0.6) is 0 Å². The van der Waals surface area contributed by atoms with Gasteiger partial charge in [0.2, 0.25) is 11.8 Å². The number of fused-ring (bicyclic) bond motifs is 1. The fourth-order valence-electron chi connectivity index (χ4n) is 3.75. The van der Waals surface area contributed by atoms with Gasteiger partial charge in [-0.1, -0.05) is 24.3 Å². The van der Waals surface area contributed by atoms with Crippen molar-refractivity contribution in [1.29, 1.82) is 0 Å². The van der Waals surface area contributed by atoms with Crippen LogP contribution in [0, 0.1) is 0 Å². The zero-order valence-electron chi connectivity index (χ0n) is 13.5. The normalized spacial score (nSPS) is 22.5. The number of benzene rings is 1. The van der Waals surface area contributed by atoms with E-state index in [-0.39, 0.29) is 18.4 Å². The number of likely N-dealkylation sites (tertiary alicyclic amines) is 1. The number of nitrogens with one attached hydrogen (secondary N) is 1. The molecule has 1 unspecified atom stereocenters. The summed E-state index contributed by atoms with van der Waals surface area (Å²) in [4.78, 5) is 25.8. The Labute approximate surface area is 136 Å². The van der Waals surface area contributed by atoms with Crippen LogP contribution in [0.3, 0.4) is 0 Å². The highest BCUT2D eigenvalue weighted by atomic mass is 16.3. The smallest absolute Gasteiger partial charge is 0.242 e. The summed E-state index contributed by atoms with van der Waals surface area (Å²) in [6, 6.07) is 7.58. The van der Waals surface area contributed by atoms with Gasteiger partial charge in [-0.15, -0.1) is 0 Å². The number of amides is 2. The zero-order valence-corrected chi connectivity index (χ0v) is 13.5. The Morgan fingerprint density at radius 2 is 1.91 bits per heavy atom.